The van der Waals surface area contributed by atoms with Crippen molar-refractivity contribution in [2.45, 2.75) is 19.9 Å². The second-order valence-electron chi connectivity index (χ2n) is 5.00. The molecular weight excluding hydrogens is 264 g/mol. The minimum atomic E-state index is -0.134. The zero-order valence-electron chi connectivity index (χ0n) is 12.9. The molecule has 4 nitrogen and oxygen atoms in total. The van der Waals surface area contributed by atoms with Gasteiger partial charge in [-0.25, -0.2) is 5.43 Å². The van der Waals surface area contributed by atoms with E-state index in [0.717, 1.165) is 22.6 Å². The molecule has 0 amide bonds. The van der Waals surface area contributed by atoms with Crippen molar-refractivity contribution < 1.29 is 9.47 Å². The zero-order chi connectivity index (χ0) is 15.4. The molecule has 0 bridgehead atoms. The summed E-state index contributed by atoms with van der Waals surface area (Å²) in [7, 11) is 3.28. The summed E-state index contributed by atoms with van der Waals surface area (Å²) in [6, 6.07) is 11.8. The number of ether oxygens (including phenoxy) is 2. The van der Waals surface area contributed by atoms with E-state index < -0.39 is 0 Å². The van der Waals surface area contributed by atoms with Crippen molar-refractivity contribution in [1.29, 1.82) is 0 Å². The Labute approximate surface area is 125 Å². The van der Waals surface area contributed by atoms with E-state index in [1.807, 2.05) is 24.3 Å². The topological polar surface area (TPSA) is 56.5 Å². The summed E-state index contributed by atoms with van der Waals surface area (Å²) in [5.41, 5.74) is 7.47. The van der Waals surface area contributed by atoms with Crippen LogP contribution in [-0.2, 0) is 0 Å². The Morgan fingerprint density at radius 2 is 1.76 bits per heavy atom. The van der Waals surface area contributed by atoms with Crippen molar-refractivity contribution in [3.8, 4) is 11.5 Å². The number of hydrogen-bond acceptors (Lipinski definition) is 4. The third-order valence-electron chi connectivity index (χ3n) is 3.88. The summed E-state index contributed by atoms with van der Waals surface area (Å²) in [6.45, 7) is 4.20. The van der Waals surface area contributed by atoms with Crippen LogP contribution in [0.1, 0.15) is 28.3 Å². The van der Waals surface area contributed by atoms with Crippen LogP contribution in [0.25, 0.3) is 0 Å². The fourth-order valence-electron chi connectivity index (χ4n) is 2.49. The Bertz CT molecular complexity index is 626. The second kappa shape index (κ2) is 6.61. The van der Waals surface area contributed by atoms with Crippen LogP contribution in [0.5, 0.6) is 11.5 Å². The number of nitrogens with one attached hydrogen (secondary N) is 1. The highest BCUT2D eigenvalue weighted by Gasteiger charge is 2.19. The molecule has 0 radical (unpaired) electrons. The molecule has 2 aromatic rings. The Hall–Kier alpha value is -2.04. The lowest BCUT2D eigenvalue weighted by Gasteiger charge is -2.22. The zero-order valence-corrected chi connectivity index (χ0v) is 12.9. The molecule has 0 aliphatic rings. The van der Waals surface area contributed by atoms with Crippen LogP contribution in [-0.4, -0.2) is 14.2 Å². The van der Waals surface area contributed by atoms with E-state index in [0.29, 0.717) is 0 Å². The third-order valence-corrected chi connectivity index (χ3v) is 3.88. The molecule has 1 unspecified atom stereocenters. The number of aryl methyl sites for hydroxylation is 1. The lowest BCUT2D eigenvalue weighted by Crippen LogP contribution is -2.29. The number of nitrogens with two attached hydrogens (primary N) is 1. The Kier molecular flexibility index (Phi) is 4.83. The lowest BCUT2D eigenvalue weighted by molar-refractivity contribution is 0.387. The monoisotopic (exact) mass is 286 g/mol. The molecule has 0 spiro atoms. The Morgan fingerprint density at radius 3 is 2.38 bits per heavy atom. The number of benzene rings is 2. The normalized spacial score (nSPS) is 12.0. The van der Waals surface area contributed by atoms with E-state index in [-0.39, 0.29) is 6.04 Å². The average molecular weight is 286 g/mol. The van der Waals surface area contributed by atoms with E-state index in [1.54, 1.807) is 14.2 Å². The summed E-state index contributed by atoms with van der Waals surface area (Å²) < 4.78 is 10.7. The van der Waals surface area contributed by atoms with Gasteiger partial charge in [0.2, 0.25) is 0 Å². The summed E-state index contributed by atoms with van der Waals surface area (Å²) in [5.74, 6) is 7.32. The first kappa shape index (κ1) is 15.4. The van der Waals surface area contributed by atoms with E-state index in [4.69, 9.17) is 15.3 Å². The predicted molar refractivity (Wildman–Crippen MR) is 84.6 cm³/mol. The van der Waals surface area contributed by atoms with Crippen LogP contribution in [0.2, 0.25) is 0 Å². The van der Waals surface area contributed by atoms with Crippen molar-refractivity contribution in [3.63, 3.8) is 0 Å². The quantitative estimate of drug-likeness (QED) is 0.655. The number of hydrazine groups is 1. The van der Waals surface area contributed by atoms with Crippen molar-refractivity contribution in [2.24, 2.45) is 5.84 Å². The van der Waals surface area contributed by atoms with Crippen molar-refractivity contribution in [3.05, 3.63) is 58.7 Å². The summed E-state index contributed by atoms with van der Waals surface area (Å²) >= 11 is 0. The molecule has 3 N–H and O–H groups in total. The van der Waals surface area contributed by atoms with Crippen molar-refractivity contribution in [1.82, 2.24) is 5.43 Å². The van der Waals surface area contributed by atoms with Gasteiger partial charge < -0.3 is 9.47 Å². The largest absolute Gasteiger partial charge is 0.497 e. The van der Waals surface area contributed by atoms with Gasteiger partial charge in [-0.2, -0.15) is 0 Å². The smallest absolute Gasteiger partial charge is 0.127 e. The molecule has 0 aliphatic heterocycles. The van der Waals surface area contributed by atoms with E-state index in [2.05, 4.69) is 31.4 Å². The van der Waals surface area contributed by atoms with Crippen LogP contribution in [0.4, 0.5) is 0 Å². The van der Waals surface area contributed by atoms with Gasteiger partial charge >= 0.3 is 0 Å². The molecule has 0 heterocycles. The van der Waals surface area contributed by atoms with Gasteiger partial charge in [-0.05, 0) is 42.7 Å². The van der Waals surface area contributed by atoms with Gasteiger partial charge in [0.25, 0.3) is 0 Å². The maximum absolute atomic E-state index is 5.81. The van der Waals surface area contributed by atoms with Gasteiger partial charge in [-0.15, -0.1) is 0 Å². The van der Waals surface area contributed by atoms with E-state index in [1.165, 1.54) is 11.1 Å². The number of methoxy groups -OCH3 is 2. The molecular formula is C17H22N2O2. The van der Waals surface area contributed by atoms with Crippen LogP contribution in [0.3, 0.4) is 0 Å². The van der Waals surface area contributed by atoms with Gasteiger partial charge in [-0.1, -0.05) is 18.2 Å². The molecule has 2 rings (SSSR count). The van der Waals surface area contributed by atoms with Gasteiger partial charge in [0, 0.05) is 11.6 Å². The predicted octanol–water partition coefficient (Wildman–Crippen LogP) is 2.87. The summed E-state index contributed by atoms with van der Waals surface area (Å²) in [4.78, 5) is 0. The highest BCUT2D eigenvalue weighted by Crippen LogP contribution is 2.34. The van der Waals surface area contributed by atoms with Crippen LogP contribution in [0.15, 0.2) is 36.4 Å². The SMILES string of the molecule is COc1ccc(C(NN)c2cccc(C)c2C)c(OC)c1. The standard InChI is InChI=1S/C17H22N2O2/c1-11-6-5-7-14(12(11)2)17(19-18)15-9-8-13(20-3)10-16(15)21-4/h5-10,17,19H,18H2,1-4H3. The minimum absolute atomic E-state index is 0.134. The van der Waals surface area contributed by atoms with Gasteiger partial charge in [-0.3, -0.25) is 5.84 Å². The minimum Gasteiger partial charge on any atom is -0.497 e. The molecule has 21 heavy (non-hydrogen) atoms. The Morgan fingerprint density at radius 1 is 1.00 bits per heavy atom. The molecule has 0 aromatic heterocycles. The summed E-state index contributed by atoms with van der Waals surface area (Å²) in [6.07, 6.45) is 0. The second-order valence-corrected chi connectivity index (χ2v) is 5.00. The molecule has 0 aliphatic carbocycles. The molecule has 112 valence electrons. The fourth-order valence-corrected chi connectivity index (χ4v) is 2.49. The molecule has 4 heteroatoms. The van der Waals surface area contributed by atoms with Crippen LogP contribution < -0.4 is 20.7 Å². The highest BCUT2D eigenvalue weighted by molar-refractivity contribution is 5.48. The summed E-state index contributed by atoms with van der Waals surface area (Å²) in [5, 5.41) is 0. The van der Waals surface area contributed by atoms with Crippen LogP contribution in [0, 0.1) is 13.8 Å². The molecule has 1 atom stereocenters. The number of rotatable bonds is 5. The molecule has 2 aromatic carbocycles. The van der Waals surface area contributed by atoms with E-state index in [9.17, 15) is 0 Å². The first-order valence-corrected chi connectivity index (χ1v) is 6.86. The molecule has 0 saturated carbocycles. The van der Waals surface area contributed by atoms with Gasteiger partial charge in [0.05, 0.1) is 20.3 Å². The van der Waals surface area contributed by atoms with Crippen molar-refractivity contribution in [2.75, 3.05) is 14.2 Å². The molecule has 0 fully saturated rings. The maximum Gasteiger partial charge on any atom is 0.127 e. The fraction of sp³-hybridized carbons (Fsp3) is 0.294. The number of hydrogen-bond donors (Lipinski definition) is 2. The maximum atomic E-state index is 5.81. The van der Waals surface area contributed by atoms with E-state index >= 15 is 0 Å². The van der Waals surface area contributed by atoms with Gasteiger partial charge in [0.15, 0.2) is 0 Å². The van der Waals surface area contributed by atoms with Crippen molar-refractivity contribution >= 4 is 0 Å². The Balaban J connectivity index is 2.53. The first-order chi connectivity index (χ1) is 10.1. The molecule has 0 saturated heterocycles. The first-order valence-electron chi connectivity index (χ1n) is 6.86. The third kappa shape index (κ3) is 3.01. The highest BCUT2D eigenvalue weighted by atomic mass is 16.5. The van der Waals surface area contributed by atoms with Gasteiger partial charge in [0.1, 0.15) is 11.5 Å². The lowest BCUT2D eigenvalue weighted by atomic mass is 9.92. The average Bonchev–Trinajstić information content (AvgIpc) is 2.52. The van der Waals surface area contributed by atoms with Crippen LogP contribution >= 0.6 is 0 Å².